The summed E-state index contributed by atoms with van der Waals surface area (Å²) >= 11 is 5.86. The van der Waals surface area contributed by atoms with Crippen LogP contribution >= 0.6 is 11.6 Å². The lowest BCUT2D eigenvalue weighted by Crippen LogP contribution is -2.67. The van der Waals surface area contributed by atoms with Gasteiger partial charge < -0.3 is 47.7 Å². The lowest BCUT2D eigenvalue weighted by atomic mass is 9.94. The molecule has 50 heavy (non-hydrogen) atoms. The van der Waals surface area contributed by atoms with Crippen molar-refractivity contribution in [2.24, 2.45) is 5.11 Å². The van der Waals surface area contributed by atoms with Crippen LogP contribution in [0.25, 0.3) is 10.4 Å². The van der Waals surface area contributed by atoms with Crippen LogP contribution in [0.15, 0.2) is 96.1 Å². The highest BCUT2D eigenvalue weighted by Crippen LogP contribution is 2.41. The molecule has 4 aliphatic rings. The number of halogens is 1. The third-order valence-electron chi connectivity index (χ3n) is 8.89. The van der Waals surface area contributed by atoms with E-state index in [1.54, 1.807) is 0 Å². The number of hydrogen-bond donors (Lipinski definition) is 1. The topological polar surface area (TPSA) is 169 Å². The zero-order chi connectivity index (χ0) is 34.5. The van der Waals surface area contributed by atoms with Gasteiger partial charge in [0.15, 0.2) is 25.2 Å². The van der Waals surface area contributed by atoms with Gasteiger partial charge in [-0.05, 0) is 11.1 Å². The van der Waals surface area contributed by atoms with Crippen LogP contribution in [0.4, 0.5) is 0 Å². The Morgan fingerprint density at radius 3 is 1.94 bits per heavy atom. The number of aliphatic hydroxyl groups is 1. The predicted molar refractivity (Wildman–Crippen MR) is 173 cm³/mol. The SMILES string of the molecule is [N-]=[N+]=N[C@H]1[C@H](O[C@H]2[C@H]3O[C@@H](c4ccccc4)OC[C@H]3OC(O)[C@@H]2OCc2ccccc2)O[C@@H]2CO[C@H](c3ccccc3)O[C@@H]2[C@@H]1OC(=O)CCl. The highest BCUT2D eigenvalue weighted by atomic mass is 35.5. The fourth-order valence-corrected chi connectivity index (χ4v) is 6.61. The molecule has 4 aliphatic heterocycles. The third kappa shape index (κ3) is 7.66. The normalized spacial score (nSPS) is 35.2. The number of ether oxygens (including phenoxy) is 9. The molecule has 1 N–H and O–H groups in total. The number of aliphatic hydroxyl groups excluding tert-OH is 1. The first kappa shape index (κ1) is 34.8. The average Bonchev–Trinajstić information content (AvgIpc) is 3.16. The van der Waals surface area contributed by atoms with E-state index in [1.165, 1.54) is 0 Å². The van der Waals surface area contributed by atoms with Gasteiger partial charge in [-0.25, -0.2) is 0 Å². The maximum absolute atomic E-state index is 12.7. The van der Waals surface area contributed by atoms with E-state index in [-0.39, 0.29) is 19.8 Å². The van der Waals surface area contributed by atoms with Crippen LogP contribution < -0.4 is 0 Å². The fraction of sp³-hybridized carbons (Fsp3) is 0.457. The van der Waals surface area contributed by atoms with Gasteiger partial charge in [0.1, 0.15) is 54.6 Å². The Labute approximate surface area is 292 Å². The number of alkyl halides is 1. The number of carbonyl (C=O) groups excluding carboxylic acids is 1. The highest BCUT2D eigenvalue weighted by molar-refractivity contribution is 6.26. The van der Waals surface area contributed by atoms with Crippen molar-refractivity contribution in [1.82, 2.24) is 0 Å². The second kappa shape index (κ2) is 16.1. The molecule has 0 radical (unpaired) electrons. The number of benzene rings is 3. The van der Waals surface area contributed by atoms with Gasteiger partial charge in [0.05, 0.1) is 19.8 Å². The molecular formula is C35H36ClN3O11. The second-order valence-corrected chi connectivity index (χ2v) is 12.4. The van der Waals surface area contributed by atoms with Crippen LogP contribution in [0.2, 0.25) is 0 Å². The van der Waals surface area contributed by atoms with Gasteiger partial charge in [0.2, 0.25) is 0 Å². The van der Waals surface area contributed by atoms with Crippen LogP contribution in [-0.4, -0.2) is 91.5 Å². The van der Waals surface area contributed by atoms with Gasteiger partial charge in [0.25, 0.3) is 0 Å². The molecule has 0 aromatic heterocycles. The molecule has 4 fully saturated rings. The van der Waals surface area contributed by atoms with E-state index >= 15 is 0 Å². The number of nitrogens with zero attached hydrogens (tertiary/aromatic N) is 3. The minimum atomic E-state index is -1.46. The zero-order valence-electron chi connectivity index (χ0n) is 26.7. The number of hydrogen-bond acceptors (Lipinski definition) is 12. The predicted octanol–water partition coefficient (Wildman–Crippen LogP) is 4.46. The maximum atomic E-state index is 12.7. The monoisotopic (exact) mass is 709 g/mol. The molecule has 264 valence electrons. The van der Waals surface area contributed by atoms with E-state index in [1.807, 2.05) is 91.0 Å². The first-order valence-corrected chi connectivity index (χ1v) is 16.8. The zero-order valence-corrected chi connectivity index (χ0v) is 27.4. The molecule has 3 aromatic rings. The first-order valence-electron chi connectivity index (χ1n) is 16.3. The molecule has 4 heterocycles. The van der Waals surface area contributed by atoms with Crippen LogP contribution in [-0.2, 0) is 54.0 Å². The number of rotatable bonds is 10. The van der Waals surface area contributed by atoms with Gasteiger partial charge in [-0.1, -0.05) is 96.1 Å². The van der Waals surface area contributed by atoms with Gasteiger partial charge >= 0.3 is 5.97 Å². The lowest BCUT2D eigenvalue weighted by molar-refractivity contribution is -0.395. The largest absolute Gasteiger partial charge is 0.458 e. The Balaban J connectivity index is 1.20. The summed E-state index contributed by atoms with van der Waals surface area (Å²) in [7, 11) is 0. The van der Waals surface area contributed by atoms with Gasteiger partial charge in [-0.15, -0.1) is 11.6 Å². The summed E-state index contributed by atoms with van der Waals surface area (Å²) < 4.78 is 55.8. The van der Waals surface area contributed by atoms with E-state index in [2.05, 4.69) is 10.0 Å². The smallest absolute Gasteiger partial charge is 0.321 e. The Hall–Kier alpha value is -3.63. The third-order valence-corrected chi connectivity index (χ3v) is 9.11. The maximum Gasteiger partial charge on any atom is 0.321 e. The molecule has 3 aromatic carbocycles. The van der Waals surface area contributed by atoms with Crippen LogP contribution in [0.3, 0.4) is 0 Å². The van der Waals surface area contributed by atoms with Gasteiger partial charge in [-0.2, -0.15) is 0 Å². The summed E-state index contributed by atoms with van der Waals surface area (Å²) in [5.41, 5.74) is 12.1. The van der Waals surface area contributed by atoms with Crippen molar-refractivity contribution in [2.75, 3.05) is 19.1 Å². The average molecular weight is 710 g/mol. The highest BCUT2D eigenvalue weighted by Gasteiger charge is 2.56. The summed E-state index contributed by atoms with van der Waals surface area (Å²) in [6.45, 7) is 0.205. The van der Waals surface area contributed by atoms with E-state index in [0.717, 1.165) is 16.7 Å². The number of carbonyl (C=O) groups is 1. The molecule has 15 heteroatoms. The van der Waals surface area contributed by atoms with E-state index in [4.69, 9.17) is 54.2 Å². The summed E-state index contributed by atoms with van der Waals surface area (Å²) in [6, 6.07) is 26.7. The van der Waals surface area contributed by atoms with Crippen molar-refractivity contribution < 1.29 is 52.5 Å². The minimum absolute atomic E-state index is 0.0266. The van der Waals surface area contributed by atoms with Crippen molar-refractivity contribution in [3.05, 3.63) is 118 Å². The Kier molecular flexibility index (Phi) is 11.2. The molecule has 12 atom stereocenters. The molecular weight excluding hydrogens is 674 g/mol. The molecule has 0 spiro atoms. The molecule has 4 saturated heterocycles. The number of fused-ring (bicyclic) bond motifs is 2. The molecule has 0 saturated carbocycles. The Morgan fingerprint density at radius 1 is 0.800 bits per heavy atom. The van der Waals surface area contributed by atoms with Crippen molar-refractivity contribution >= 4 is 17.6 Å². The summed E-state index contributed by atoms with van der Waals surface area (Å²) in [5.74, 6) is -1.22. The minimum Gasteiger partial charge on any atom is -0.458 e. The molecule has 0 bridgehead atoms. The van der Waals surface area contributed by atoms with E-state index in [9.17, 15) is 15.4 Å². The van der Waals surface area contributed by atoms with Crippen molar-refractivity contribution in [1.29, 1.82) is 0 Å². The Morgan fingerprint density at radius 2 is 1.36 bits per heavy atom. The van der Waals surface area contributed by atoms with Crippen LogP contribution in [0.1, 0.15) is 29.3 Å². The van der Waals surface area contributed by atoms with Crippen LogP contribution in [0.5, 0.6) is 0 Å². The van der Waals surface area contributed by atoms with Gasteiger partial charge in [-0.3, -0.25) is 4.79 Å². The Bertz CT molecular complexity index is 1610. The van der Waals surface area contributed by atoms with Crippen molar-refractivity contribution in [3.8, 4) is 0 Å². The fourth-order valence-electron chi connectivity index (χ4n) is 6.55. The molecule has 1 unspecified atom stereocenters. The summed E-state index contributed by atoms with van der Waals surface area (Å²) in [4.78, 5) is 15.7. The van der Waals surface area contributed by atoms with Gasteiger partial charge in [0, 0.05) is 16.0 Å². The second-order valence-electron chi connectivity index (χ2n) is 12.1. The molecule has 0 amide bonds. The summed E-state index contributed by atoms with van der Waals surface area (Å²) in [5, 5.41) is 15.3. The lowest BCUT2D eigenvalue weighted by Gasteiger charge is -2.51. The molecule has 7 rings (SSSR count). The van der Waals surface area contributed by atoms with E-state index < -0.39 is 85.8 Å². The molecule has 0 aliphatic carbocycles. The van der Waals surface area contributed by atoms with Crippen molar-refractivity contribution in [3.63, 3.8) is 0 Å². The summed E-state index contributed by atoms with van der Waals surface area (Å²) in [6.07, 6.45) is -11.1. The van der Waals surface area contributed by atoms with E-state index in [0.29, 0.717) is 0 Å². The quantitative estimate of drug-likeness (QED) is 0.104. The van der Waals surface area contributed by atoms with Crippen LogP contribution in [0, 0.1) is 0 Å². The number of esters is 1. The molecule has 14 nitrogen and oxygen atoms in total. The standard InChI is InChI=1S/C35H36ClN3O11/c36-16-25(40)47-29-26(38-39-37)35(46-24-19-44-33(48-27(24)29)21-12-6-2-7-13-21)50-30-28-23(18-43-34(49-28)22-14-8-3-9-15-22)45-32(41)31(30)42-17-20-10-4-1-5-11-20/h1-15,23-24,26-35,41H,16-19H2/t23-,24-,26-,27+,28+,29-,30+,31-,32?,33+,34+,35+/m1/s1. The first-order chi connectivity index (χ1) is 24.5. The number of azide groups is 1. The van der Waals surface area contributed by atoms with Crippen molar-refractivity contribution in [2.45, 2.75) is 80.5 Å².